The first-order valence-electron chi connectivity index (χ1n) is 8.81. The van der Waals surface area contributed by atoms with E-state index in [4.69, 9.17) is 9.97 Å². The summed E-state index contributed by atoms with van der Waals surface area (Å²) in [5.41, 5.74) is 1.44. The van der Waals surface area contributed by atoms with Crippen molar-refractivity contribution >= 4 is 45.1 Å². The summed E-state index contributed by atoms with van der Waals surface area (Å²) < 4.78 is 0. The van der Waals surface area contributed by atoms with Crippen LogP contribution in [-0.2, 0) is 18.6 Å². The monoisotopic (exact) mass is 408 g/mol. The molecule has 27 heavy (non-hydrogen) atoms. The van der Waals surface area contributed by atoms with E-state index in [2.05, 4.69) is 34.2 Å². The molecule has 0 amide bonds. The number of aryl methyl sites for hydroxylation is 2. The van der Waals surface area contributed by atoms with E-state index in [0.29, 0.717) is 0 Å². The first-order chi connectivity index (χ1) is 13.4. The van der Waals surface area contributed by atoms with Gasteiger partial charge in [0.2, 0.25) is 0 Å². The lowest BCUT2D eigenvalue weighted by atomic mass is 10.2. The zero-order valence-electron chi connectivity index (χ0n) is 14.5. The molecule has 0 radical (unpaired) electrons. The van der Waals surface area contributed by atoms with Crippen LogP contribution in [0.3, 0.4) is 0 Å². The van der Waals surface area contributed by atoms with Crippen molar-refractivity contribution in [2.45, 2.75) is 40.1 Å². The summed E-state index contributed by atoms with van der Waals surface area (Å²) in [7, 11) is 0. The third kappa shape index (κ3) is 3.59. The molecule has 3 aromatic heterocycles. The maximum Gasteiger partial charge on any atom is 0.193 e. The van der Waals surface area contributed by atoms with E-state index < -0.39 is 0 Å². The molecule has 0 bridgehead atoms. The minimum Gasteiger partial charge on any atom is -0.231 e. The highest BCUT2D eigenvalue weighted by Gasteiger charge is 2.23. The van der Waals surface area contributed by atoms with E-state index >= 15 is 0 Å². The molecule has 0 saturated carbocycles. The molecule has 1 aliphatic rings. The second kappa shape index (κ2) is 7.58. The SMILES string of the molecule is c1ccc(SCc2nc(Sc3ncccn3)c3c4c(sc3n2)CCC4)cc1. The van der Waals surface area contributed by atoms with Gasteiger partial charge in [-0.25, -0.2) is 19.9 Å². The van der Waals surface area contributed by atoms with Crippen molar-refractivity contribution in [2.24, 2.45) is 0 Å². The summed E-state index contributed by atoms with van der Waals surface area (Å²) in [4.78, 5) is 22.4. The zero-order valence-corrected chi connectivity index (χ0v) is 16.9. The number of rotatable bonds is 5. The van der Waals surface area contributed by atoms with E-state index in [-0.39, 0.29) is 0 Å². The van der Waals surface area contributed by atoms with Crippen LogP contribution < -0.4 is 0 Å². The van der Waals surface area contributed by atoms with Crippen molar-refractivity contribution in [2.75, 3.05) is 0 Å². The van der Waals surface area contributed by atoms with Gasteiger partial charge in [0.25, 0.3) is 0 Å². The van der Waals surface area contributed by atoms with E-state index in [1.807, 2.05) is 23.5 Å². The average molecular weight is 409 g/mol. The van der Waals surface area contributed by atoms with Crippen LogP contribution in [0.4, 0.5) is 0 Å². The molecule has 1 aromatic carbocycles. The van der Waals surface area contributed by atoms with Crippen molar-refractivity contribution in [3.05, 3.63) is 65.1 Å². The van der Waals surface area contributed by atoms with Crippen molar-refractivity contribution in [3.63, 3.8) is 0 Å². The Morgan fingerprint density at radius 1 is 0.963 bits per heavy atom. The van der Waals surface area contributed by atoms with Gasteiger partial charge in [-0.05, 0) is 54.8 Å². The third-order valence-corrected chi connectivity index (χ3v) is 7.49. The van der Waals surface area contributed by atoms with Gasteiger partial charge in [0.05, 0.1) is 5.75 Å². The average Bonchev–Trinajstić information content (AvgIpc) is 3.29. The third-order valence-electron chi connectivity index (χ3n) is 4.42. The molecule has 0 aliphatic heterocycles. The minimum atomic E-state index is 0.733. The first-order valence-corrected chi connectivity index (χ1v) is 11.4. The van der Waals surface area contributed by atoms with Crippen LogP contribution in [0.5, 0.6) is 0 Å². The topological polar surface area (TPSA) is 51.6 Å². The van der Waals surface area contributed by atoms with E-state index in [1.165, 1.54) is 27.1 Å². The lowest BCUT2D eigenvalue weighted by molar-refractivity contribution is 0.912. The van der Waals surface area contributed by atoms with Gasteiger partial charge in [-0.3, -0.25) is 0 Å². The number of benzene rings is 1. The highest BCUT2D eigenvalue weighted by Crippen LogP contribution is 2.41. The number of thiophene rings is 1. The quantitative estimate of drug-likeness (QED) is 0.250. The number of thioether (sulfide) groups is 1. The fourth-order valence-electron chi connectivity index (χ4n) is 3.23. The van der Waals surface area contributed by atoms with Crippen molar-refractivity contribution in [1.29, 1.82) is 0 Å². The number of aromatic nitrogens is 4. The summed E-state index contributed by atoms with van der Waals surface area (Å²) >= 11 is 5.15. The maximum atomic E-state index is 4.92. The summed E-state index contributed by atoms with van der Waals surface area (Å²) in [5.74, 6) is 1.63. The van der Waals surface area contributed by atoms with Crippen LogP contribution in [0.25, 0.3) is 10.2 Å². The molecule has 7 heteroatoms. The Labute approximate surface area is 169 Å². The lowest BCUT2D eigenvalue weighted by Gasteiger charge is -2.07. The summed E-state index contributed by atoms with van der Waals surface area (Å²) in [6.45, 7) is 0. The first kappa shape index (κ1) is 17.2. The van der Waals surface area contributed by atoms with Crippen LogP contribution >= 0.6 is 34.9 Å². The van der Waals surface area contributed by atoms with Gasteiger partial charge < -0.3 is 0 Å². The van der Waals surface area contributed by atoms with Gasteiger partial charge in [-0.2, -0.15) is 0 Å². The van der Waals surface area contributed by atoms with Gasteiger partial charge in [-0.15, -0.1) is 23.1 Å². The fourth-order valence-corrected chi connectivity index (χ4v) is 6.22. The molecule has 0 fully saturated rings. The Hall–Kier alpha value is -1.96. The van der Waals surface area contributed by atoms with Gasteiger partial charge in [-0.1, -0.05) is 18.2 Å². The fraction of sp³-hybridized carbons (Fsp3) is 0.200. The van der Waals surface area contributed by atoms with Gasteiger partial charge >= 0.3 is 0 Å². The molecule has 134 valence electrons. The summed E-state index contributed by atoms with van der Waals surface area (Å²) in [6, 6.07) is 12.2. The predicted molar refractivity (Wildman–Crippen MR) is 112 cm³/mol. The van der Waals surface area contributed by atoms with Crippen LogP contribution in [0.15, 0.2) is 63.9 Å². The highest BCUT2D eigenvalue weighted by atomic mass is 32.2. The molecule has 5 rings (SSSR count). The highest BCUT2D eigenvalue weighted by molar-refractivity contribution is 7.99. The van der Waals surface area contributed by atoms with E-state index in [1.54, 1.807) is 35.9 Å². The van der Waals surface area contributed by atoms with Crippen LogP contribution in [0, 0.1) is 0 Å². The molecular formula is C20H16N4S3. The summed E-state index contributed by atoms with van der Waals surface area (Å²) in [6.07, 6.45) is 7.07. The van der Waals surface area contributed by atoms with Crippen LogP contribution in [0.1, 0.15) is 22.7 Å². The minimum absolute atomic E-state index is 0.733. The molecule has 4 nitrogen and oxygen atoms in total. The van der Waals surface area contributed by atoms with Crippen LogP contribution in [0.2, 0.25) is 0 Å². The van der Waals surface area contributed by atoms with Crippen molar-refractivity contribution in [1.82, 2.24) is 19.9 Å². The smallest absolute Gasteiger partial charge is 0.193 e. The van der Waals surface area contributed by atoms with E-state index in [0.717, 1.165) is 39.4 Å². The largest absolute Gasteiger partial charge is 0.231 e. The molecule has 0 spiro atoms. The molecule has 3 heterocycles. The molecule has 0 atom stereocenters. The molecule has 0 saturated heterocycles. The molecule has 4 aromatic rings. The Morgan fingerprint density at radius 2 is 1.81 bits per heavy atom. The second-order valence-corrected chi connectivity index (χ2v) is 9.31. The Morgan fingerprint density at radius 3 is 2.67 bits per heavy atom. The summed E-state index contributed by atoms with van der Waals surface area (Å²) in [5, 5.41) is 2.95. The number of hydrogen-bond acceptors (Lipinski definition) is 7. The number of nitrogens with zero attached hydrogens (tertiary/aromatic N) is 4. The van der Waals surface area contributed by atoms with E-state index in [9.17, 15) is 0 Å². The van der Waals surface area contributed by atoms with Crippen molar-refractivity contribution in [3.8, 4) is 0 Å². The van der Waals surface area contributed by atoms with Crippen LogP contribution in [-0.4, -0.2) is 19.9 Å². The maximum absolute atomic E-state index is 4.92. The van der Waals surface area contributed by atoms with Gasteiger partial charge in [0, 0.05) is 27.6 Å². The molecule has 0 unspecified atom stereocenters. The van der Waals surface area contributed by atoms with Crippen molar-refractivity contribution < 1.29 is 0 Å². The molecular weight excluding hydrogens is 392 g/mol. The van der Waals surface area contributed by atoms with Gasteiger partial charge in [0.15, 0.2) is 5.16 Å². The normalized spacial score (nSPS) is 13.2. The number of fused-ring (bicyclic) bond motifs is 3. The zero-order chi connectivity index (χ0) is 18.1. The molecule has 0 N–H and O–H groups in total. The Bertz CT molecular complexity index is 1080. The second-order valence-electron chi connectivity index (χ2n) is 6.22. The predicted octanol–water partition coefficient (Wildman–Crippen LogP) is 5.41. The Balaban J connectivity index is 1.53. The standard InChI is InChI=1S/C20H16N4S3/c1-2-6-13(7-3-1)25-12-16-23-18-17(14-8-4-9-15(14)26-18)19(24-16)27-20-21-10-5-11-22-20/h1-3,5-7,10-11H,4,8-9,12H2. The Kier molecular flexibility index (Phi) is 4.82. The van der Waals surface area contributed by atoms with Gasteiger partial charge in [0.1, 0.15) is 15.7 Å². The lowest BCUT2D eigenvalue weighted by Crippen LogP contribution is -1.97. The number of hydrogen-bond donors (Lipinski definition) is 0. The molecule has 1 aliphatic carbocycles.